The standard InChI is InChI=1S/C11H19N3O2/c1-6-7-14-8-11(2,3)9(12-14)16-10(15)13(4)5/h6H,1,7-8H2,2-5H3. The number of amides is 1. The van der Waals surface area contributed by atoms with Crippen molar-refractivity contribution in [3.05, 3.63) is 12.7 Å². The van der Waals surface area contributed by atoms with Gasteiger partial charge in [0.1, 0.15) is 0 Å². The summed E-state index contributed by atoms with van der Waals surface area (Å²) >= 11 is 0. The maximum absolute atomic E-state index is 11.4. The first-order valence-electron chi connectivity index (χ1n) is 5.21. The maximum Gasteiger partial charge on any atom is 0.415 e. The Morgan fingerprint density at radius 1 is 1.69 bits per heavy atom. The molecule has 1 aliphatic heterocycles. The zero-order chi connectivity index (χ0) is 12.3. The summed E-state index contributed by atoms with van der Waals surface area (Å²) in [6.45, 7) is 9.05. The lowest BCUT2D eigenvalue weighted by atomic mass is 9.94. The molecule has 0 radical (unpaired) electrons. The van der Waals surface area contributed by atoms with Crippen LogP contribution in [0.25, 0.3) is 0 Å². The minimum absolute atomic E-state index is 0.241. The van der Waals surface area contributed by atoms with E-state index in [9.17, 15) is 4.79 Å². The molecule has 0 fully saturated rings. The van der Waals surface area contributed by atoms with E-state index in [1.54, 1.807) is 20.2 Å². The van der Waals surface area contributed by atoms with Gasteiger partial charge < -0.3 is 9.64 Å². The van der Waals surface area contributed by atoms with E-state index in [1.807, 2.05) is 18.9 Å². The molecule has 5 nitrogen and oxygen atoms in total. The Bertz CT molecular complexity index is 321. The van der Waals surface area contributed by atoms with Crippen LogP contribution in [-0.4, -0.2) is 49.1 Å². The molecule has 1 amide bonds. The van der Waals surface area contributed by atoms with E-state index in [0.717, 1.165) is 6.54 Å². The molecule has 5 heteroatoms. The van der Waals surface area contributed by atoms with Crippen LogP contribution in [0.1, 0.15) is 13.8 Å². The fourth-order valence-corrected chi connectivity index (χ4v) is 1.41. The third-order valence-electron chi connectivity index (χ3n) is 2.28. The van der Waals surface area contributed by atoms with E-state index in [4.69, 9.17) is 4.74 Å². The van der Waals surface area contributed by atoms with Crippen LogP contribution in [0, 0.1) is 5.41 Å². The minimum Gasteiger partial charge on any atom is -0.393 e. The van der Waals surface area contributed by atoms with Crippen molar-refractivity contribution >= 4 is 12.0 Å². The summed E-state index contributed by atoms with van der Waals surface area (Å²) in [5.41, 5.74) is -0.241. The van der Waals surface area contributed by atoms with E-state index in [0.29, 0.717) is 12.4 Å². The van der Waals surface area contributed by atoms with Crippen molar-refractivity contribution < 1.29 is 9.53 Å². The molecular weight excluding hydrogens is 206 g/mol. The maximum atomic E-state index is 11.4. The summed E-state index contributed by atoms with van der Waals surface area (Å²) in [6.07, 6.45) is 1.38. The van der Waals surface area contributed by atoms with E-state index < -0.39 is 6.09 Å². The van der Waals surface area contributed by atoms with Gasteiger partial charge in [-0.15, -0.1) is 11.7 Å². The van der Waals surface area contributed by atoms with Crippen molar-refractivity contribution in [1.29, 1.82) is 0 Å². The van der Waals surface area contributed by atoms with Gasteiger partial charge in [0.25, 0.3) is 0 Å². The van der Waals surface area contributed by atoms with Crippen LogP contribution in [-0.2, 0) is 4.74 Å². The van der Waals surface area contributed by atoms with Crippen molar-refractivity contribution in [2.75, 3.05) is 27.2 Å². The molecule has 1 heterocycles. The predicted octanol–water partition coefficient (Wildman–Crippen LogP) is 1.53. The second kappa shape index (κ2) is 4.55. The molecule has 0 unspecified atom stereocenters. The first kappa shape index (κ1) is 12.5. The van der Waals surface area contributed by atoms with Gasteiger partial charge in [-0.25, -0.2) is 4.79 Å². The normalized spacial score (nSPS) is 18.0. The molecule has 1 aliphatic rings. The van der Waals surface area contributed by atoms with Crippen molar-refractivity contribution in [2.24, 2.45) is 10.5 Å². The molecule has 0 N–H and O–H groups in total. The fourth-order valence-electron chi connectivity index (χ4n) is 1.41. The second-order valence-corrected chi connectivity index (χ2v) is 4.69. The molecule has 0 aromatic rings. The molecule has 0 saturated heterocycles. The summed E-state index contributed by atoms with van der Waals surface area (Å²) in [5.74, 6) is 0.466. The summed E-state index contributed by atoms with van der Waals surface area (Å²) in [6, 6.07) is 0. The number of hydrazone groups is 1. The third-order valence-corrected chi connectivity index (χ3v) is 2.28. The highest BCUT2D eigenvalue weighted by atomic mass is 16.6. The third kappa shape index (κ3) is 2.74. The average molecular weight is 225 g/mol. The molecule has 0 aromatic carbocycles. The van der Waals surface area contributed by atoms with Gasteiger partial charge in [-0.1, -0.05) is 6.08 Å². The summed E-state index contributed by atoms with van der Waals surface area (Å²) in [5, 5.41) is 6.10. The van der Waals surface area contributed by atoms with E-state index in [2.05, 4.69) is 11.7 Å². The Kier molecular flexibility index (Phi) is 3.57. The lowest BCUT2D eigenvalue weighted by molar-refractivity contribution is 0.162. The van der Waals surface area contributed by atoms with Crippen LogP contribution in [0.15, 0.2) is 17.8 Å². The molecule has 0 aromatic heterocycles. The van der Waals surface area contributed by atoms with Crippen LogP contribution in [0.5, 0.6) is 0 Å². The summed E-state index contributed by atoms with van der Waals surface area (Å²) < 4.78 is 5.23. The zero-order valence-corrected chi connectivity index (χ0v) is 10.4. The number of rotatable bonds is 2. The number of carbonyl (C=O) groups excluding carboxylic acids is 1. The highest BCUT2D eigenvalue weighted by Crippen LogP contribution is 2.27. The monoisotopic (exact) mass is 225 g/mol. The molecule has 0 atom stereocenters. The topological polar surface area (TPSA) is 45.1 Å². The van der Waals surface area contributed by atoms with Gasteiger partial charge in [-0.3, -0.25) is 5.01 Å². The van der Waals surface area contributed by atoms with Gasteiger partial charge in [0.05, 0.1) is 18.5 Å². The predicted molar refractivity (Wildman–Crippen MR) is 63.2 cm³/mol. The van der Waals surface area contributed by atoms with Crippen molar-refractivity contribution in [3.63, 3.8) is 0 Å². The zero-order valence-electron chi connectivity index (χ0n) is 10.4. The lowest BCUT2D eigenvalue weighted by Gasteiger charge is -2.20. The van der Waals surface area contributed by atoms with E-state index in [1.165, 1.54) is 4.90 Å². The molecule has 16 heavy (non-hydrogen) atoms. The number of nitrogens with zero attached hydrogens (tertiary/aromatic N) is 3. The van der Waals surface area contributed by atoms with Gasteiger partial charge in [0, 0.05) is 14.1 Å². The summed E-state index contributed by atoms with van der Waals surface area (Å²) in [7, 11) is 3.29. The first-order valence-corrected chi connectivity index (χ1v) is 5.21. The van der Waals surface area contributed by atoms with Crippen molar-refractivity contribution in [3.8, 4) is 0 Å². The minimum atomic E-state index is -0.396. The Morgan fingerprint density at radius 3 is 2.81 bits per heavy atom. The lowest BCUT2D eigenvalue weighted by Crippen LogP contribution is -2.33. The van der Waals surface area contributed by atoms with Crippen LogP contribution in [0.2, 0.25) is 0 Å². The Morgan fingerprint density at radius 2 is 2.31 bits per heavy atom. The smallest absolute Gasteiger partial charge is 0.393 e. The second-order valence-electron chi connectivity index (χ2n) is 4.69. The van der Waals surface area contributed by atoms with Gasteiger partial charge in [0.2, 0.25) is 5.90 Å². The van der Waals surface area contributed by atoms with E-state index >= 15 is 0 Å². The molecule has 0 bridgehead atoms. The Balaban J connectivity index is 2.73. The molecule has 0 saturated carbocycles. The fraction of sp³-hybridized carbons (Fsp3) is 0.636. The SMILES string of the molecule is C=CCN1CC(C)(C)C(OC(=O)N(C)C)=N1. The molecule has 0 spiro atoms. The Hall–Kier alpha value is -1.52. The van der Waals surface area contributed by atoms with Crippen LogP contribution in [0.4, 0.5) is 4.79 Å². The quantitative estimate of drug-likeness (QED) is 0.669. The number of hydrogen-bond donors (Lipinski definition) is 0. The van der Waals surface area contributed by atoms with Crippen LogP contribution < -0.4 is 0 Å². The highest BCUT2D eigenvalue weighted by Gasteiger charge is 2.37. The molecule has 90 valence electrons. The van der Waals surface area contributed by atoms with Crippen LogP contribution in [0.3, 0.4) is 0 Å². The average Bonchev–Trinajstić information content (AvgIpc) is 2.41. The van der Waals surface area contributed by atoms with Crippen molar-refractivity contribution in [2.45, 2.75) is 13.8 Å². The Labute approximate surface area is 96.4 Å². The number of ether oxygens (including phenoxy) is 1. The molecular formula is C11H19N3O2. The first-order chi connectivity index (χ1) is 7.36. The van der Waals surface area contributed by atoms with Gasteiger partial charge in [-0.2, -0.15) is 0 Å². The van der Waals surface area contributed by atoms with Gasteiger partial charge in [0.15, 0.2) is 0 Å². The van der Waals surface area contributed by atoms with E-state index in [-0.39, 0.29) is 5.41 Å². The summed E-state index contributed by atoms with van der Waals surface area (Å²) in [4.78, 5) is 12.8. The number of hydrogen-bond acceptors (Lipinski definition) is 4. The highest BCUT2D eigenvalue weighted by molar-refractivity contribution is 5.92. The van der Waals surface area contributed by atoms with Crippen molar-refractivity contribution in [1.82, 2.24) is 9.91 Å². The molecule has 1 rings (SSSR count). The largest absolute Gasteiger partial charge is 0.415 e. The van der Waals surface area contributed by atoms with Crippen LogP contribution >= 0.6 is 0 Å². The molecule has 0 aliphatic carbocycles. The number of carbonyl (C=O) groups is 1. The van der Waals surface area contributed by atoms with Gasteiger partial charge >= 0.3 is 6.09 Å². The van der Waals surface area contributed by atoms with Gasteiger partial charge in [-0.05, 0) is 13.8 Å².